The normalized spacial score (nSPS) is 22.6. The Balaban J connectivity index is 1.52. The van der Waals surface area contributed by atoms with Gasteiger partial charge in [-0.3, -0.25) is 4.90 Å². The van der Waals surface area contributed by atoms with Crippen molar-refractivity contribution < 1.29 is 4.52 Å². The van der Waals surface area contributed by atoms with Gasteiger partial charge >= 0.3 is 0 Å². The number of rotatable bonds is 3. The minimum Gasteiger partial charge on any atom is -0.364 e. The SMILES string of the molecule is Cc1nc2c(n1C1CCN(Cc3ccon3)C1)CCCC2. The first kappa shape index (κ1) is 13.1. The second kappa shape index (κ2) is 5.30. The summed E-state index contributed by atoms with van der Waals surface area (Å²) in [6.07, 6.45) is 7.84. The van der Waals surface area contributed by atoms with Crippen LogP contribution in [-0.4, -0.2) is 32.7 Å². The first-order valence-electron chi connectivity index (χ1n) is 7.99. The smallest absolute Gasteiger partial charge is 0.124 e. The molecule has 5 heteroatoms. The molecule has 5 nitrogen and oxygen atoms in total. The molecule has 1 saturated heterocycles. The Morgan fingerprint density at radius 3 is 3.10 bits per heavy atom. The van der Waals surface area contributed by atoms with Gasteiger partial charge in [-0.2, -0.15) is 0 Å². The highest BCUT2D eigenvalue weighted by Crippen LogP contribution is 2.30. The van der Waals surface area contributed by atoms with Crippen LogP contribution < -0.4 is 0 Å². The summed E-state index contributed by atoms with van der Waals surface area (Å²) >= 11 is 0. The molecule has 4 rings (SSSR count). The fourth-order valence-corrected chi connectivity index (χ4v) is 3.90. The largest absolute Gasteiger partial charge is 0.364 e. The van der Waals surface area contributed by atoms with Crippen LogP contribution in [-0.2, 0) is 19.4 Å². The van der Waals surface area contributed by atoms with E-state index >= 15 is 0 Å². The van der Waals surface area contributed by atoms with Crippen molar-refractivity contribution >= 4 is 0 Å². The molecule has 0 radical (unpaired) electrons. The number of hydrogen-bond donors (Lipinski definition) is 0. The lowest BCUT2D eigenvalue weighted by molar-refractivity contribution is 0.300. The van der Waals surface area contributed by atoms with Crippen LogP contribution in [0.5, 0.6) is 0 Å². The van der Waals surface area contributed by atoms with Crippen LogP contribution in [0.2, 0.25) is 0 Å². The van der Waals surface area contributed by atoms with Gasteiger partial charge < -0.3 is 9.09 Å². The van der Waals surface area contributed by atoms with E-state index in [1.807, 2.05) is 6.07 Å². The standard InChI is InChI=1S/C16H22N4O/c1-12-17-15-4-2-3-5-16(15)20(12)14-6-8-19(11-14)10-13-7-9-21-18-13/h7,9,14H,2-6,8,10-11H2,1H3. The lowest BCUT2D eigenvalue weighted by atomic mass is 10.0. The summed E-state index contributed by atoms with van der Waals surface area (Å²) in [6, 6.07) is 2.53. The summed E-state index contributed by atoms with van der Waals surface area (Å²) in [5.41, 5.74) is 3.89. The van der Waals surface area contributed by atoms with Crippen LogP contribution in [0.1, 0.15) is 48.2 Å². The molecule has 3 heterocycles. The zero-order valence-corrected chi connectivity index (χ0v) is 12.6. The zero-order chi connectivity index (χ0) is 14.2. The maximum Gasteiger partial charge on any atom is 0.124 e. The molecule has 2 aromatic heterocycles. The van der Waals surface area contributed by atoms with E-state index < -0.39 is 0 Å². The molecule has 21 heavy (non-hydrogen) atoms. The monoisotopic (exact) mass is 286 g/mol. The van der Waals surface area contributed by atoms with E-state index in [1.54, 1.807) is 6.26 Å². The van der Waals surface area contributed by atoms with Gasteiger partial charge in [0.15, 0.2) is 0 Å². The molecule has 0 amide bonds. The summed E-state index contributed by atoms with van der Waals surface area (Å²) in [5.74, 6) is 1.20. The van der Waals surface area contributed by atoms with Crippen LogP contribution in [0, 0.1) is 6.92 Å². The molecule has 1 aliphatic carbocycles. The van der Waals surface area contributed by atoms with Crippen molar-refractivity contribution in [3.8, 4) is 0 Å². The molecular weight excluding hydrogens is 264 g/mol. The van der Waals surface area contributed by atoms with E-state index in [2.05, 4.69) is 21.5 Å². The number of fused-ring (bicyclic) bond motifs is 1. The van der Waals surface area contributed by atoms with E-state index in [0.29, 0.717) is 6.04 Å². The van der Waals surface area contributed by atoms with Gasteiger partial charge in [-0.15, -0.1) is 0 Å². The second-order valence-corrected chi connectivity index (χ2v) is 6.30. The maximum atomic E-state index is 4.93. The van der Waals surface area contributed by atoms with Gasteiger partial charge in [0.1, 0.15) is 12.1 Å². The topological polar surface area (TPSA) is 47.1 Å². The highest BCUT2D eigenvalue weighted by Gasteiger charge is 2.29. The Kier molecular flexibility index (Phi) is 3.30. The fourth-order valence-electron chi connectivity index (χ4n) is 3.90. The van der Waals surface area contributed by atoms with Gasteiger partial charge in [-0.05, 0) is 39.0 Å². The van der Waals surface area contributed by atoms with Crippen LogP contribution in [0.15, 0.2) is 16.9 Å². The van der Waals surface area contributed by atoms with Crippen molar-refractivity contribution in [1.82, 2.24) is 19.6 Å². The van der Waals surface area contributed by atoms with Crippen LogP contribution >= 0.6 is 0 Å². The molecule has 1 unspecified atom stereocenters. The third-order valence-electron chi connectivity index (χ3n) is 4.84. The molecule has 0 N–H and O–H groups in total. The summed E-state index contributed by atoms with van der Waals surface area (Å²) in [5, 5.41) is 4.02. The molecule has 112 valence electrons. The van der Waals surface area contributed by atoms with Crippen LogP contribution in [0.4, 0.5) is 0 Å². The van der Waals surface area contributed by atoms with Gasteiger partial charge in [0.25, 0.3) is 0 Å². The molecule has 1 atom stereocenters. The molecule has 2 aliphatic rings. The van der Waals surface area contributed by atoms with Crippen molar-refractivity contribution in [2.24, 2.45) is 0 Å². The third kappa shape index (κ3) is 2.39. The summed E-state index contributed by atoms with van der Waals surface area (Å²) in [6.45, 7) is 5.28. The minimum atomic E-state index is 0.575. The van der Waals surface area contributed by atoms with Crippen LogP contribution in [0.25, 0.3) is 0 Å². The molecule has 1 aliphatic heterocycles. The van der Waals surface area contributed by atoms with E-state index in [0.717, 1.165) is 25.3 Å². The van der Waals surface area contributed by atoms with E-state index in [1.165, 1.54) is 49.3 Å². The average Bonchev–Trinajstić information content (AvgIpc) is 3.18. The quantitative estimate of drug-likeness (QED) is 0.870. The Morgan fingerprint density at radius 2 is 2.24 bits per heavy atom. The van der Waals surface area contributed by atoms with Crippen molar-refractivity contribution in [2.75, 3.05) is 13.1 Å². The van der Waals surface area contributed by atoms with Crippen molar-refractivity contribution in [1.29, 1.82) is 0 Å². The number of aromatic nitrogens is 3. The zero-order valence-electron chi connectivity index (χ0n) is 12.6. The number of aryl methyl sites for hydroxylation is 2. The lowest BCUT2D eigenvalue weighted by Crippen LogP contribution is -2.22. The molecule has 0 spiro atoms. The third-order valence-corrected chi connectivity index (χ3v) is 4.84. The lowest BCUT2D eigenvalue weighted by Gasteiger charge is -2.21. The number of hydrogen-bond acceptors (Lipinski definition) is 4. The molecule has 2 aromatic rings. The molecular formula is C16H22N4O. The molecule has 0 aromatic carbocycles. The first-order valence-corrected chi connectivity index (χ1v) is 7.99. The molecule has 1 fully saturated rings. The molecule has 0 bridgehead atoms. The average molecular weight is 286 g/mol. The Hall–Kier alpha value is -1.62. The van der Waals surface area contributed by atoms with Gasteiger partial charge in [-0.1, -0.05) is 5.16 Å². The van der Waals surface area contributed by atoms with Gasteiger partial charge in [0, 0.05) is 37.4 Å². The second-order valence-electron chi connectivity index (χ2n) is 6.30. The summed E-state index contributed by atoms with van der Waals surface area (Å²) in [4.78, 5) is 7.28. The first-order chi connectivity index (χ1) is 10.3. The van der Waals surface area contributed by atoms with Crippen molar-refractivity contribution in [2.45, 2.75) is 51.6 Å². The Labute approximate surface area is 124 Å². The van der Waals surface area contributed by atoms with Crippen LogP contribution in [0.3, 0.4) is 0 Å². The van der Waals surface area contributed by atoms with Gasteiger partial charge in [0.05, 0.1) is 11.4 Å². The highest BCUT2D eigenvalue weighted by molar-refractivity contribution is 5.21. The predicted molar refractivity (Wildman–Crippen MR) is 79.0 cm³/mol. The minimum absolute atomic E-state index is 0.575. The van der Waals surface area contributed by atoms with Gasteiger partial charge in [0.2, 0.25) is 0 Å². The van der Waals surface area contributed by atoms with E-state index in [-0.39, 0.29) is 0 Å². The predicted octanol–water partition coefficient (Wildman–Crippen LogP) is 2.51. The van der Waals surface area contributed by atoms with E-state index in [9.17, 15) is 0 Å². The maximum absolute atomic E-state index is 4.93. The number of imidazole rings is 1. The summed E-state index contributed by atoms with van der Waals surface area (Å²) in [7, 11) is 0. The Bertz CT molecular complexity index is 617. The highest BCUT2D eigenvalue weighted by atomic mass is 16.5. The van der Waals surface area contributed by atoms with Crippen molar-refractivity contribution in [3.63, 3.8) is 0 Å². The van der Waals surface area contributed by atoms with E-state index in [4.69, 9.17) is 9.51 Å². The molecule has 0 saturated carbocycles. The van der Waals surface area contributed by atoms with Crippen molar-refractivity contribution in [3.05, 3.63) is 35.2 Å². The number of likely N-dealkylation sites (tertiary alicyclic amines) is 1. The summed E-state index contributed by atoms with van der Waals surface area (Å²) < 4.78 is 7.45. The number of nitrogens with zero attached hydrogens (tertiary/aromatic N) is 4. The Morgan fingerprint density at radius 1 is 1.33 bits per heavy atom. The van der Waals surface area contributed by atoms with Gasteiger partial charge in [-0.25, -0.2) is 4.98 Å². The fraction of sp³-hybridized carbons (Fsp3) is 0.625.